The molecule has 17 heavy (non-hydrogen) atoms. The van der Waals surface area contributed by atoms with Gasteiger partial charge in [-0.05, 0) is 12.1 Å². The Kier molecular flexibility index (Phi) is 2.95. The minimum Gasteiger partial charge on any atom is -0.508 e. The summed E-state index contributed by atoms with van der Waals surface area (Å²) in [5, 5.41) is 27.5. The van der Waals surface area contributed by atoms with E-state index in [1.807, 2.05) is 0 Å². The number of rotatable bonds is 3. The first-order valence-corrected chi connectivity index (χ1v) is 4.94. The van der Waals surface area contributed by atoms with E-state index in [4.69, 9.17) is 0 Å². The third kappa shape index (κ3) is 2.75. The Balaban J connectivity index is 2.04. The van der Waals surface area contributed by atoms with Crippen LogP contribution in [-0.4, -0.2) is 26.3 Å². The van der Waals surface area contributed by atoms with Crippen molar-refractivity contribution < 1.29 is 15.0 Å². The minimum absolute atomic E-state index is 0.154. The van der Waals surface area contributed by atoms with Crippen molar-refractivity contribution in [1.29, 1.82) is 0 Å². The summed E-state index contributed by atoms with van der Waals surface area (Å²) in [6.45, 7) is 0.325. The van der Waals surface area contributed by atoms with E-state index in [0.29, 0.717) is 6.54 Å². The highest BCUT2D eigenvalue weighted by atomic mass is 16.3. The standard InChI is InChI=1S/C11H11N3O3/c15-9-1-8(2-10(16)3-9)11(17)12-4-7-5-13-14-6-7/h1-3,5-6,15-16H,4H2,(H,12,17)(H,13,14). The Morgan fingerprint density at radius 2 is 2.00 bits per heavy atom. The molecule has 1 aromatic heterocycles. The average molecular weight is 233 g/mol. The molecule has 0 unspecified atom stereocenters. The molecule has 88 valence electrons. The Hall–Kier alpha value is -2.50. The minimum atomic E-state index is -0.377. The lowest BCUT2D eigenvalue weighted by molar-refractivity contribution is 0.0950. The number of amides is 1. The van der Waals surface area contributed by atoms with Crippen LogP contribution < -0.4 is 5.32 Å². The van der Waals surface area contributed by atoms with Crippen LogP contribution in [0.2, 0.25) is 0 Å². The van der Waals surface area contributed by atoms with E-state index in [0.717, 1.165) is 11.6 Å². The second-order valence-corrected chi connectivity index (χ2v) is 3.53. The Morgan fingerprint density at radius 1 is 1.29 bits per heavy atom. The molecular weight excluding hydrogens is 222 g/mol. The van der Waals surface area contributed by atoms with E-state index in [1.54, 1.807) is 12.4 Å². The summed E-state index contributed by atoms with van der Waals surface area (Å²) < 4.78 is 0. The molecule has 0 fully saturated rings. The van der Waals surface area contributed by atoms with Crippen LogP contribution in [0, 0.1) is 0 Å². The van der Waals surface area contributed by atoms with E-state index in [2.05, 4.69) is 15.5 Å². The molecule has 0 spiro atoms. The molecule has 1 aromatic carbocycles. The summed E-state index contributed by atoms with van der Waals surface area (Å²) in [6.07, 6.45) is 3.26. The molecule has 0 saturated heterocycles. The third-order valence-electron chi connectivity index (χ3n) is 2.17. The molecule has 4 N–H and O–H groups in total. The predicted molar refractivity (Wildman–Crippen MR) is 59.5 cm³/mol. The number of carbonyl (C=O) groups is 1. The molecule has 1 amide bonds. The number of carbonyl (C=O) groups excluding carboxylic acids is 1. The zero-order valence-corrected chi connectivity index (χ0v) is 8.84. The number of phenols is 2. The molecule has 0 bridgehead atoms. The maximum atomic E-state index is 11.7. The third-order valence-corrected chi connectivity index (χ3v) is 2.17. The van der Waals surface area contributed by atoms with Gasteiger partial charge in [0.15, 0.2) is 0 Å². The largest absolute Gasteiger partial charge is 0.508 e. The molecule has 6 heteroatoms. The van der Waals surface area contributed by atoms with Gasteiger partial charge in [-0.15, -0.1) is 0 Å². The fraction of sp³-hybridized carbons (Fsp3) is 0.0909. The summed E-state index contributed by atoms with van der Waals surface area (Å²) in [5.74, 6) is -0.686. The zero-order valence-electron chi connectivity index (χ0n) is 8.84. The van der Waals surface area contributed by atoms with Crippen LogP contribution >= 0.6 is 0 Å². The van der Waals surface area contributed by atoms with Gasteiger partial charge in [0.05, 0.1) is 6.20 Å². The first-order valence-electron chi connectivity index (χ1n) is 4.94. The number of hydrogen-bond acceptors (Lipinski definition) is 4. The van der Waals surface area contributed by atoms with Gasteiger partial charge >= 0.3 is 0 Å². The first kappa shape index (κ1) is 11.0. The second-order valence-electron chi connectivity index (χ2n) is 3.53. The highest BCUT2D eigenvalue weighted by Crippen LogP contribution is 2.20. The van der Waals surface area contributed by atoms with Crippen LogP contribution in [0.3, 0.4) is 0 Å². The molecule has 1 heterocycles. The number of aromatic amines is 1. The summed E-state index contributed by atoms with van der Waals surface area (Å²) in [4.78, 5) is 11.7. The number of hydrogen-bond donors (Lipinski definition) is 4. The van der Waals surface area contributed by atoms with Crippen LogP contribution in [-0.2, 0) is 6.54 Å². The van der Waals surface area contributed by atoms with Crippen molar-refractivity contribution in [1.82, 2.24) is 15.5 Å². The van der Waals surface area contributed by atoms with E-state index >= 15 is 0 Å². The summed E-state index contributed by atoms with van der Waals surface area (Å²) >= 11 is 0. The number of nitrogens with zero attached hydrogens (tertiary/aromatic N) is 1. The van der Waals surface area contributed by atoms with Crippen LogP contribution in [0.4, 0.5) is 0 Å². The number of aromatic nitrogens is 2. The quantitative estimate of drug-likeness (QED) is 0.628. The molecule has 6 nitrogen and oxygen atoms in total. The maximum absolute atomic E-state index is 11.7. The maximum Gasteiger partial charge on any atom is 0.251 e. The summed E-state index contributed by atoms with van der Waals surface area (Å²) in [5.41, 5.74) is 1.04. The van der Waals surface area contributed by atoms with Gasteiger partial charge in [0.25, 0.3) is 5.91 Å². The predicted octanol–water partition coefficient (Wildman–Crippen LogP) is 0.751. The molecule has 0 radical (unpaired) electrons. The van der Waals surface area contributed by atoms with Gasteiger partial charge in [0.2, 0.25) is 0 Å². The number of aromatic hydroxyl groups is 2. The molecular formula is C11H11N3O3. The van der Waals surface area contributed by atoms with Gasteiger partial charge in [-0.3, -0.25) is 9.89 Å². The van der Waals surface area contributed by atoms with Gasteiger partial charge in [-0.25, -0.2) is 0 Å². The van der Waals surface area contributed by atoms with Gasteiger partial charge in [0.1, 0.15) is 11.5 Å². The van der Waals surface area contributed by atoms with Crippen LogP contribution in [0.5, 0.6) is 11.5 Å². The van der Waals surface area contributed by atoms with Gasteiger partial charge in [-0.2, -0.15) is 5.10 Å². The SMILES string of the molecule is O=C(NCc1cn[nH]c1)c1cc(O)cc(O)c1. The van der Waals surface area contributed by atoms with Crippen LogP contribution in [0.15, 0.2) is 30.6 Å². The molecule has 0 aliphatic heterocycles. The van der Waals surface area contributed by atoms with Crippen molar-refractivity contribution in [2.24, 2.45) is 0 Å². The molecule has 2 aromatic rings. The van der Waals surface area contributed by atoms with Crippen molar-refractivity contribution in [3.05, 3.63) is 41.7 Å². The lowest BCUT2D eigenvalue weighted by atomic mass is 10.2. The average Bonchev–Trinajstić information content (AvgIpc) is 2.77. The highest BCUT2D eigenvalue weighted by molar-refractivity contribution is 5.94. The fourth-order valence-electron chi connectivity index (χ4n) is 1.38. The van der Waals surface area contributed by atoms with Gasteiger partial charge in [0, 0.05) is 29.9 Å². The monoisotopic (exact) mass is 233 g/mol. The van der Waals surface area contributed by atoms with Crippen molar-refractivity contribution in [3.8, 4) is 11.5 Å². The number of benzene rings is 1. The zero-order chi connectivity index (χ0) is 12.3. The normalized spacial score (nSPS) is 10.1. The van der Waals surface area contributed by atoms with E-state index in [1.165, 1.54) is 12.1 Å². The number of H-pyrrole nitrogens is 1. The molecule has 2 rings (SSSR count). The Bertz CT molecular complexity index is 503. The topological polar surface area (TPSA) is 98.2 Å². The van der Waals surface area contributed by atoms with Gasteiger partial charge < -0.3 is 15.5 Å². The fourth-order valence-corrected chi connectivity index (χ4v) is 1.38. The van der Waals surface area contributed by atoms with Crippen molar-refractivity contribution in [2.45, 2.75) is 6.54 Å². The van der Waals surface area contributed by atoms with Crippen molar-refractivity contribution in [3.63, 3.8) is 0 Å². The summed E-state index contributed by atoms with van der Waals surface area (Å²) in [6, 6.07) is 3.72. The Labute approximate surface area is 96.9 Å². The van der Waals surface area contributed by atoms with Crippen LogP contribution in [0.25, 0.3) is 0 Å². The van der Waals surface area contributed by atoms with Gasteiger partial charge in [-0.1, -0.05) is 0 Å². The summed E-state index contributed by atoms with van der Waals surface area (Å²) in [7, 11) is 0. The van der Waals surface area contributed by atoms with E-state index in [9.17, 15) is 15.0 Å². The molecule has 0 aliphatic carbocycles. The lowest BCUT2D eigenvalue weighted by Gasteiger charge is -2.04. The number of phenolic OH excluding ortho intramolecular Hbond substituents is 2. The lowest BCUT2D eigenvalue weighted by Crippen LogP contribution is -2.22. The van der Waals surface area contributed by atoms with Crippen LogP contribution in [0.1, 0.15) is 15.9 Å². The van der Waals surface area contributed by atoms with Crippen molar-refractivity contribution >= 4 is 5.91 Å². The van der Waals surface area contributed by atoms with E-state index in [-0.39, 0.29) is 23.0 Å². The molecule has 0 aliphatic rings. The molecule has 0 saturated carbocycles. The number of nitrogens with one attached hydrogen (secondary N) is 2. The first-order chi connectivity index (χ1) is 8.15. The van der Waals surface area contributed by atoms with Crippen molar-refractivity contribution in [2.75, 3.05) is 0 Å². The highest BCUT2D eigenvalue weighted by Gasteiger charge is 2.08. The second kappa shape index (κ2) is 4.56. The molecule has 0 atom stereocenters. The smallest absolute Gasteiger partial charge is 0.251 e. The van der Waals surface area contributed by atoms with E-state index < -0.39 is 0 Å². The Morgan fingerprint density at radius 3 is 2.59 bits per heavy atom.